The Kier molecular flexibility index (Phi) is 4.42. The van der Waals surface area contributed by atoms with Gasteiger partial charge in [-0.2, -0.15) is 0 Å². The number of imidazole rings is 1. The topological polar surface area (TPSA) is 89.8 Å². The lowest BCUT2D eigenvalue weighted by atomic mass is 10.3. The van der Waals surface area contributed by atoms with Crippen molar-refractivity contribution in [3.8, 4) is 0 Å². The zero-order valence-electron chi connectivity index (χ0n) is 13.3. The third-order valence-electron chi connectivity index (χ3n) is 3.46. The molecule has 3 N–H and O–H groups in total. The third-order valence-corrected chi connectivity index (χ3v) is 3.46. The van der Waals surface area contributed by atoms with Crippen LogP contribution < -0.4 is 11.1 Å². The number of benzene rings is 1. The average molecular weight is 322 g/mol. The average Bonchev–Trinajstić information content (AvgIpc) is 2.93. The van der Waals surface area contributed by atoms with Gasteiger partial charge in [0, 0.05) is 23.8 Å². The molecular formula is C17H18N6O. The standard InChI is InChI=1S/C17H18N6O/c1-12-16(23-9-3-8-20-17(23)22-12)15(19-2)10-24-11-21-14-6-4-13(18)5-7-14/h3-10,21H,2,11,18H2,1H3/b15-10-. The SMILES string of the molecule is C=N/C(=C\OCNc1ccc(N)cc1)c1c(C)nc2ncccn12. The lowest BCUT2D eigenvalue weighted by Gasteiger charge is -2.08. The maximum absolute atomic E-state index is 5.65. The molecule has 0 fully saturated rings. The van der Waals surface area contributed by atoms with E-state index in [4.69, 9.17) is 10.5 Å². The van der Waals surface area contributed by atoms with Crippen molar-refractivity contribution in [1.82, 2.24) is 14.4 Å². The molecule has 1 aromatic carbocycles. The van der Waals surface area contributed by atoms with Crippen LogP contribution in [-0.4, -0.2) is 27.8 Å². The minimum absolute atomic E-state index is 0.289. The Morgan fingerprint density at radius 3 is 2.96 bits per heavy atom. The molecule has 0 spiro atoms. The number of aliphatic imine (C=N–C) groups is 1. The van der Waals surface area contributed by atoms with E-state index in [0.717, 1.165) is 22.8 Å². The van der Waals surface area contributed by atoms with E-state index in [1.165, 1.54) is 0 Å². The van der Waals surface area contributed by atoms with Crippen molar-refractivity contribution in [3.05, 3.63) is 60.4 Å². The van der Waals surface area contributed by atoms with Crippen LogP contribution in [0.3, 0.4) is 0 Å². The highest BCUT2D eigenvalue weighted by molar-refractivity contribution is 5.68. The van der Waals surface area contributed by atoms with Gasteiger partial charge in [0.15, 0.2) is 6.73 Å². The number of rotatable bonds is 6. The van der Waals surface area contributed by atoms with Crippen molar-refractivity contribution in [1.29, 1.82) is 0 Å². The second-order valence-corrected chi connectivity index (χ2v) is 5.11. The zero-order chi connectivity index (χ0) is 16.9. The van der Waals surface area contributed by atoms with Crippen molar-refractivity contribution in [2.24, 2.45) is 4.99 Å². The Labute approximate surface area is 139 Å². The molecular weight excluding hydrogens is 304 g/mol. The molecule has 0 amide bonds. The minimum atomic E-state index is 0.289. The first-order valence-corrected chi connectivity index (χ1v) is 7.37. The summed E-state index contributed by atoms with van der Waals surface area (Å²) < 4.78 is 7.40. The number of hydrogen-bond donors (Lipinski definition) is 2. The molecule has 7 heteroatoms. The first-order chi connectivity index (χ1) is 11.7. The first kappa shape index (κ1) is 15.5. The molecule has 0 aliphatic heterocycles. The molecule has 3 rings (SSSR count). The van der Waals surface area contributed by atoms with Crippen molar-refractivity contribution >= 4 is 29.6 Å². The second kappa shape index (κ2) is 6.82. The van der Waals surface area contributed by atoms with Crippen molar-refractivity contribution < 1.29 is 4.74 Å². The molecule has 0 bridgehead atoms. The number of aryl methyl sites for hydroxylation is 1. The largest absolute Gasteiger partial charge is 0.479 e. The number of anilines is 2. The summed E-state index contributed by atoms with van der Waals surface area (Å²) in [7, 11) is 0. The summed E-state index contributed by atoms with van der Waals surface area (Å²) in [5.74, 6) is 0.611. The van der Waals surface area contributed by atoms with Gasteiger partial charge in [-0.1, -0.05) is 0 Å². The van der Waals surface area contributed by atoms with Gasteiger partial charge >= 0.3 is 0 Å². The Morgan fingerprint density at radius 2 is 2.21 bits per heavy atom. The van der Waals surface area contributed by atoms with Gasteiger partial charge in [0.05, 0.1) is 11.4 Å². The molecule has 2 heterocycles. The van der Waals surface area contributed by atoms with Crippen LogP contribution in [0.1, 0.15) is 11.4 Å². The number of ether oxygens (including phenoxy) is 1. The number of nitrogens with one attached hydrogen (secondary N) is 1. The van der Waals surface area contributed by atoms with Crippen LogP contribution >= 0.6 is 0 Å². The van der Waals surface area contributed by atoms with Crippen LogP contribution in [0.15, 0.2) is 54.0 Å². The number of aromatic nitrogens is 3. The van der Waals surface area contributed by atoms with Crippen LogP contribution in [-0.2, 0) is 4.74 Å². The highest BCUT2D eigenvalue weighted by Crippen LogP contribution is 2.20. The summed E-state index contributed by atoms with van der Waals surface area (Å²) in [5.41, 5.74) is 9.49. The van der Waals surface area contributed by atoms with E-state index in [1.807, 2.05) is 47.9 Å². The Morgan fingerprint density at radius 1 is 1.42 bits per heavy atom. The van der Waals surface area contributed by atoms with Gasteiger partial charge in [-0.15, -0.1) is 0 Å². The molecule has 0 saturated carbocycles. The lowest BCUT2D eigenvalue weighted by molar-refractivity contribution is 0.276. The minimum Gasteiger partial charge on any atom is -0.479 e. The van der Waals surface area contributed by atoms with E-state index >= 15 is 0 Å². The van der Waals surface area contributed by atoms with Crippen molar-refractivity contribution in [2.75, 3.05) is 17.8 Å². The van der Waals surface area contributed by atoms with Gasteiger partial charge < -0.3 is 15.8 Å². The molecule has 2 aromatic heterocycles. The molecule has 0 radical (unpaired) electrons. The number of nitrogen functional groups attached to an aromatic ring is 1. The smallest absolute Gasteiger partial charge is 0.234 e. The summed E-state index contributed by atoms with van der Waals surface area (Å²) in [5, 5.41) is 3.13. The van der Waals surface area contributed by atoms with E-state index < -0.39 is 0 Å². The highest BCUT2D eigenvalue weighted by atomic mass is 16.5. The van der Waals surface area contributed by atoms with Gasteiger partial charge in [0.1, 0.15) is 12.0 Å². The van der Waals surface area contributed by atoms with Crippen molar-refractivity contribution in [2.45, 2.75) is 6.92 Å². The summed E-state index contributed by atoms with van der Waals surface area (Å²) in [6.07, 6.45) is 5.13. The highest BCUT2D eigenvalue weighted by Gasteiger charge is 2.13. The van der Waals surface area contributed by atoms with E-state index in [-0.39, 0.29) is 6.73 Å². The summed E-state index contributed by atoms with van der Waals surface area (Å²) in [4.78, 5) is 12.7. The molecule has 7 nitrogen and oxygen atoms in total. The summed E-state index contributed by atoms with van der Waals surface area (Å²) >= 11 is 0. The van der Waals surface area contributed by atoms with Gasteiger partial charge in [0.25, 0.3) is 0 Å². The zero-order valence-corrected chi connectivity index (χ0v) is 13.3. The van der Waals surface area contributed by atoms with E-state index in [1.54, 1.807) is 12.5 Å². The predicted octanol–water partition coefficient (Wildman–Crippen LogP) is 2.71. The maximum atomic E-state index is 5.65. The molecule has 0 saturated heterocycles. The molecule has 24 heavy (non-hydrogen) atoms. The third kappa shape index (κ3) is 3.19. The molecule has 122 valence electrons. The summed E-state index contributed by atoms with van der Waals surface area (Å²) in [6.45, 7) is 5.80. The number of nitrogens with two attached hydrogens (primary N) is 1. The van der Waals surface area contributed by atoms with Crippen LogP contribution in [0, 0.1) is 6.92 Å². The molecule has 0 aliphatic carbocycles. The fourth-order valence-electron chi connectivity index (χ4n) is 2.32. The van der Waals surface area contributed by atoms with E-state index in [0.29, 0.717) is 11.5 Å². The number of hydrogen-bond acceptors (Lipinski definition) is 6. The monoisotopic (exact) mass is 322 g/mol. The molecule has 3 aromatic rings. The number of nitrogens with zero attached hydrogens (tertiary/aromatic N) is 4. The van der Waals surface area contributed by atoms with Crippen LogP contribution in [0.25, 0.3) is 11.5 Å². The number of fused-ring (bicyclic) bond motifs is 1. The fraction of sp³-hybridized carbons (Fsp3) is 0.118. The summed E-state index contributed by atoms with van der Waals surface area (Å²) in [6, 6.07) is 9.25. The quantitative estimate of drug-likeness (QED) is 0.239. The Bertz CT molecular complexity index is 882. The predicted molar refractivity (Wildman–Crippen MR) is 95.7 cm³/mol. The van der Waals surface area contributed by atoms with E-state index in [9.17, 15) is 0 Å². The van der Waals surface area contributed by atoms with Gasteiger partial charge in [-0.25, -0.2) is 9.97 Å². The van der Waals surface area contributed by atoms with Crippen LogP contribution in [0.2, 0.25) is 0 Å². The Balaban J connectivity index is 1.73. The van der Waals surface area contributed by atoms with Gasteiger partial charge in [-0.05, 0) is 44.0 Å². The van der Waals surface area contributed by atoms with Gasteiger partial charge in [-0.3, -0.25) is 9.39 Å². The maximum Gasteiger partial charge on any atom is 0.234 e. The Hall–Kier alpha value is -3.35. The lowest BCUT2D eigenvalue weighted by Crippen LogP contribution is -2.03. The second-order valence-electron chi connectivity index (χ2n) is 5.11. The molecule has 0 aliphatic rings. The van der Waals surface area contributed by atoms with Crippen LogP contribution in [0.4, 0.5) is 11.4 Å². The normalized spacial score (nSPS) is 11.5. The van der Waals surface area contributed by atoms with Gasteiger partial charge in [0.2, 0.25) is 5.78 Å². The van der Waals surface area contributed by atoms with Crippen molar-refractivity contribution in [3.63, 3.8) is 0 Å². The molecule has 0 unspecified atom stereocenters. The van der Waals surface area contributed by atoms with E-state index in [2.05, 4.69) is 27.0 Å². The first-order valence-electron chi connectivity index (χ1n) is 7.37. The molecule has 0 atom stereocenters. The fourth-order valence-corrected chi connectivity index (χ4v) is 2.32. The van der Waals surface area contributed by atoms with Crippen LogP contribution in [0.5, 0.6) is 0 Å².